The van der Waals surface area contributed by atoms with Crippen LogP contribution in [0.15, 0.2) is 0 Å². The molecule has 0 heterocycles. The largest absolute Gasteiger partial charge is 0.388 e. The third-order valence-electron chi connectivity index (χ3n) is 2.93. The standard InChI is InChI=1S/C11H21NO3/c1-15-8-5-10(13)12-9-11(14)6-3-2-4-7-11/h14H,2-9H2,1H3,(H,12,13). The lowest BCUT2D eigenvalue weighted by Gasteiger charge is -2.32. The topological polar surface area (TPSA) is 58.6 Å². The highest BCUT2D eigenvalue weighted by Crippen LogP contribution is 2.27. The van der Waals surface area contributed by atoms with E-state index >= 15 is 0 Å². The third kappa shape index (κ3) is 4.62. The number of ether oxygens (including phenoxy) is 1. The van der Waals surface area contributed by atoms with Gasteiger partial charge in [-0.2, -0.15) is 0 Å². The Kier molecular flexibility index (Phi) is 5.05. The average Bonchev–Trinajstić information content (AvgIpc) is 2.25. The predicted octanol–water partition coefficient (Wildman–Crippen LogP) is 0.834. The van der Waals surface area contributed by atoms with Crippen molar-refractivity contribution in [3.05, 3.63) is 0 Å². The Morgan fingerprint density at radius 1 is 1.40 bits per heavy atom. The molecular weight excluding hydrogens is 194 g/mol. The second-order valence-corrected chi connectivity index (χ2v) is 4.30. The average molecular weight is 215 g/mol. The molecule has 0 aliphatic heterocycles. The molecule has 0 bridgehead atoms. The Balaban J connectivity index is 2.19. The van der Waals surface area contributed by atoms with Gasteiger partial charge in [0, 0.05) is 20.1 Å². The summed E-state index contributed by atoms with van der Waals surface area (Å²) in [6.07, 6.45) is 5.29. The van der Waals surface area contributed by atoms with E-state index in [0.29, 0.717) is 19.6 Å². The van der Waals surface area contributed by atoms with E-state index in [1.165, 1.54) is 6.42 Å². The van der Waals surface area contributed by atoms with Crippen LogP contribution < -0.4 is 5.32 Å². The van der Waals surface area contributed by atoms with Gasteiger partial charge in [-0.3, -0.25) is 4.79 Å². The van der Waals surface area contributed by atoms with Crippen LogP contribution in [0.25, 0.3) is 0 Å². The fourth-order valence-electron chi connectivity index (χ4n) is 1.93. The predicted molar refractivity (Wildman–Crippen MR) is 57.5 cm³/mol. The van der Waals surface area contributed by atoms with Crippen molar-refractivity contribution in [1.82, 2.24) is 5.32 Å². The zero-order valence-corrected chi connectivity index (χ0v) is 9.42. The fourth-order valence-corrected chi connectivity index (χ4v) is 1.93. The molecule has 2 N–H and O–H groups in total. The Morgan fingerprint density at radius 2 is 2.07 bits per heavy atom. The molecule has 0 unspecified atom stereocenters. The number of nitrogens with one attached hydrogen (secondary N) is 1. The summed E-state index contributed by atoms with van der Waals surface area (Å²) >= 11 is 0. The molecule has 88 valence electrons. The lowest BCUT2D eigenvalue weighted by Crippen LogP contribution is -2.44. The minimum Gasteiger partial charge on any atom is -0.388 e. The molecule has 0 saturated heterocycles. The maximum atomic E-state index is 11.3. The summed E-state index contributed by atoms with van der Waals surface area (Å²) in [7, 11) is 1.57. The summed E-state index contributed by atoms with van der Waals surface area (Å²) in [5.74, 6) is -0.0455. The van der Waals surface area contributed by atoms with E-state index in [1.807, 2.05) is 0 Å². The first-order valence-corrected chi connectivity index (χ1v) is 5.64. The van der Waals surface area contributed by atoms with E-state index < -0.39 is 5.60 Å². The van der Waals surface area contributed by atoms with Crippen LogP contribution in [0.1, 0.15) is 38.5 Å². The molecule has 0 spiro atoms. The molecule has 1 aliphatic rings. The lowest BCUT2D eigenvalue weighted by molar-refractivity contribution is -0.123. The van der Waals surface area contributed by atoms with Gasteiger partial charge in [0.05, 0.1) is 12.2 Å². The second-order valence-electron chi connectivity index (χ2n) is 4.30. The SMILES string of the molecule is COCCC(=O)NCC1(O)CCCCC1. The van der Waals surface area contributed by atoms with Crippen LogP contribution in [0.2, 0.25) is 0 Å². The maximum absolute atomic E-state index is 11.3. The van der Waals surface area contributed by atoms with Gasteiger partial charge < -0.3 is 15.2 Å². The summed E-state index contributed by atoms with van der Waals surface area (Å²) in [6, 6.07) is 0. The number of rotatable bonds is 5. The van der Waals surface area contributed by atoms with Crippen molar-refractivity contribution in [3.63, 3.8) is 0 Å². The molecule has 1 aliphatic carbocycles. The smallest absolute Gasteiger partial charge is 0.222 e. The number of methoxy groups -OCH3 is 1. The number of carbonyl (C=O) groups excluding carboxylic acids is 1. The van der Waals surface area contributed by atoms with Crippen LogP contribution in [-0.2, 0) is 9.53 Å². The molecule has 0 aromatic rings. The molecule has 4 nitrogen and oxygen atoms in total. The zero-order valence-electron chi connectivity index (χ0n) is 9.42. The number of hydrogen-bond acceptors (Lipinski definition) is 3. The lowest BCUT2D eigenvalue weighted by atomic mass is 9.85. The quantitative estimate of drug-likeness (QED) is 0.714. The maximum Gasteiger partial charge on any atom is 0.222 e. The van der Waals surface area contributed by atoms with Crippen molar-refractivity contribution in [1.29, 1.82) is 0 Å². The van der Waals surface area contributed by atoms with E-state index in [9.17, 15) is 9.90 Å². The highest BCUT2D eigenvalue weighted by molar-refractivity contribution is 5.76. The third-order valence-corrected chi connectivity index (χ3v) is 2.93. The van der Waals surface area contributed by atoms with Crippen LogP contribution in [0.3, 0.4) is 0 Å². The number of amides is 1. The summed E-state index contributed by atoms with van der Waals surface area (Å²) < 4.78 is 4.81. The van der Waals surface area contributed by atoms with Gasteiger partial charge >= 0.3 is 0 Å². The summed E-state index contributed by atoms with van der Waals surface area (Å²) in [6.45, 7) is 0.819. The Hall–Kier alpha value is -0.610. The second kappa shape index (κ2) is 6.08. The van der Waals surface area contributed by atoms with Gasteiger partial charge in [-0.1, -0.05) is 19.3 Å². The molecule has 4 heteroatoms. The van der Waals surface area contributed by atoms with E-state index in [1.54, 1.807) is 7.11 Å². The van der Waals surface area contributed by atoms with Gasteiger partial charge in [0.25, 0.3) is 0 Å². The van der Waals surface area contributed by atoms with Gasteiger partial charge in [-0.05, 0) is 12.8 Å². The van der Waals surface area contributed by atoms with Gasteiger partial charge in [0.2, 0.25) is 5.91 Å². The summed E-state index contributed by atoms with van der Waals surface area (Å²) in [4.78, 5) is 11.3. The number of aliphatic hydroxyl groups is 1. The van der Waals surface area contributed by atoms with Crippen LogP contribution in [0.4, 0.5) is 0 Å². The molecule has 1 rings (SSSR count). The van der Waals surface area contributed by atoms with Crippen molar-refractivity contribution in [2.24, 2.45) is 0 Å². The first-order chi connectivity index (χ1) is 7.16. The van der Waals surface area contributed by atoms with Gasteiger partial charge in [-0.25, -0.2) is 0 Å². The highest BCUT2D eigenvalue weighted by Gasteiger charge is 2.29. The molecular formula is C11H21NO3. The summed E-state index contributed by atoms with van der Waals surface area (Å²) in [5, 5.41) is 12.9. The fraction of sp³-hybridized carbons (Fsp3) is 0.909. The zero-order chi connectivity index (χ0) is 11.1. The Labute approximate surface area is 91.0 Å². The van der Waals surface area contributed by atoms with Crippen LogP contribution in [-0.4, -0.2) is 36.9 Å². The van der Waals surface area contributed by atoms with E-state index in [2.05, 4.69) is 5.32 Å². The first-order valence-electron chi connectivity index (χ1n) is 5.64. The van der Waals surface area contributed by atoms with Crippen molar-refractivity contribution < 1.29 is 14.6 Å². The van der Waals surface area contributed by atoms with E-state index in [4.69, 9.17) is 4.74 Å². The molecule has 1 saturated carbocycles. The van der Waals surface area contributed by atoms with Crippen LogP contribution >= 0.6 is 0 Å². The van der Waals surface area contributed by atoms with Crippen LogP contribution in [0.5, 0.6) is 0 Å². The molecule has 15 heavy (non-hydrogen) atoms. The van der Waals surface area contributed by atoms with Crippen molar-refractivity contribution in [2.45, 2.75) is 44.1 Å². The van der Waals surface area contributed by atoms with Gasteiger partial charge in [0.1, 0.15) is 0 Å². The minimum atomic E-state index is -0.666. The van der Waals surface area contributed by atoms with Gasteiger partial charge in [-0.15, -0.1) is 0 Å². The van der Waals surface area contributed by atoms with Crippen molar-refractivity contribution >= 4 is 5.91 Å². The molecule has 0 aromatic carbocycles. The molecule has 1 fully saturated rings. The molecule has 0 radical (unpaired) electrons. The molecule has 0 atom stereocenters. The minimum absolute atomic E-state index is 0.0455. The van der Waals surface area contributed by atoms with Crippen molar-refractivity contribution in [3.8, 4) is 0 Å². The Morgan fingerprint density at radius 3 is 2.67 bits per heavy atom. The van der Waals surface area contributed by atoms with E-state index in [0.717, 1.165) is 25.7 Å². The normalized spacial score (nSPS) is 19.9. The van der Waals surface area contributed by atoms with Gasteiger partial charge in [0.15, 0.2) is 0 Å². The Bertz CT molecular complexity index is 200. The monoisotopic (exact) mass is 215 g/mol. The molecule has 0 aromatic heterocycles. The van der Waals surface area contributed by atoms with Crippen molar-refractivity contribution in [2.75, 3.05) is 20.3 Å². The molecule has 1 amide bonds. The number of hydrogen-bond donors (Lipinski definition) is 2. The first kappa shape index (κ1) is 12.5. The highest BCUT2D eigenvalue weighted by atomic mass is 16.5. The van der Waals surface area contributed by atoms with Crippen LogP contribution in [0, 0.1) is 0 Å². The van der Waals surface area contributed by atoms with E-state index in [-0.39, 0.29) is 5.91 Å². The summed E-state index contributed by atoms with van der Waals surface area (Å²) in [5.41, 5.74) is -0.666. The number of carbonyl (C=O) groups is 1.